The van der Waals surface area contributed by atoms with Gasteiger partial charge in [-0.3, -0.25) is 4.98 Å². The molecule has 0 amide bonds. The molecule has 2 heterocycles. The number of aromatic amines is 1. The van der Waals surface area contributed by atoms with Crippen LogP contribution in [0.15, 0.2) is 103 Å². The predicted octanol–water partition coefficient (Wildman–Crippen LogP) is 7.85. The zero-order valence-corrected chi connectivity index (χ0v) is 21.7. The Morgan fingerprint density at radius 3 is 1.70 bits per heavy atom. The molecule has 0 spiro atoms. The van der Waals surface area contributed by atoms with Crippen molar-refractivity contribution in [3.05, 3.63) is 103 Å². The monoisotopic (exact) mass is 482 g/mol. The fourth-order valence-corrected chi connectivity index (χ4v) is 5.13. The first-order valence-corrected chi connectivity index (χ1v) is 12.6. The van der Waals surface area contributed by atoms with E-state index < -0.39 is 0 Å². The van der Waals surface area contributed by atoms with Crippen LogP contribution in [0.4, 0.5) is 11.4 Å². The molecule has 0 aliphatic rings. The van der Waals surface area contributed by atoms with E-state index in [0.29, 0.717) is 0 Å². The maximum Gasteiger partial charge on any atom is 0.0955 e. The Bertz CT molecular complexity index is 1640. The van der Waals surface area contributed by atoms with E-state index >= 15 is 0 Å². The van der Waals surface area contributed by atoms with Crippen LogP contribution < -0.4 is 9.80 Å². The van der Waals surface area contributed by atoms with Gasteiger partial charge in [0.2, 0.25) is 0 Å². The number of para-hydroxylation sites is 1. The number of pyridine rings is 1. The fourth-order valence-electron chi connectivity index (χ4n) is 5.13. The van der Waals surface area contributed by atoms with Crippen LogP contribution in [-0.4, -0.2) is 38.2 Å². The normalized spacial score (nSPS) is 11.2. The van der Waals surface area contributed by atoms with Crippen LogP contribution >= 0.6 is 0 Å². The Kier molecular flexibility index (Phi) is 5.65. The van der Waals surface area contributed by atoms with E-state index in [1.54, 1.807) is 0 Å². The second-order valence-electron chi connectivity index (χ2n) is 9.86. The molecule has 0 atom stereocenters. The minimum Gasteiger partial charge on any atom is -0.378 e. The van der Waals surface area contributed by atoms with Gasteiger partial charge in [-0.2, -0.15) is 0 Å². The second-order valence-corrected chi connectivity index (χ2v) is 9.86. The topological polar surface area (TPSA) is 35.2 Å². The van der Waals surface area contributed by atoms with Crippen molar-refractivity contribution in [1.29, 1.82) is 0 Å². The van der Waals surface area contributed by atoms with Crippen LogP contribution in [0, 0.1) is 0 Å². The molecule has 37 heavy (non-hydrogen) atoms. The van der Waals surface area contributed by atoms with Gasteiger partial charge in [-0.25, -0.2) is 0 Å². The summed E-state index contributed by atoms with van der Waals surface area (Å²) in [5, 5.41) is 2.40. The first-order chi connectivity index (χ1) is 18.0. The molecule has 0 saturated heterocycles. The molecule has 0 aliphatic carbocycles. The molecule has 2 aromatic heterocycles. The van der Waals surface area contributed by atoms with Gasteiger partial charge in [-0.05, 0) is 58.7 Å². The standard InChI is InChI=1S/C33H30N4/c1-36(2)24-16-12-22(13-17-24)26-9-7-10-27(23-14-18-25(19-15-23)37(3)4)31(26)33-32-29(20-21-34-33)28-8-5-6-11-30(28)35-32/h5-21,35H,1-4H3. The van der Waals surface area contributed by atoms with E-state index in [2.05, 4.69) is 140 Å². The van der Waals surface area contributed by atoms with Gasteiger partial charge in [-0.1, -0.05) is 60.7 Å². The molecule has 0 bridgehead atoms. The number of nitrogens with zero attached hydrogens (tertiary/aromatic N) is 3. The highest BCUT2D eigenvalue weighted by molar-refractivity contribution is 6.13. The summed E-state index contributed by atoms with van der Waals surface area (Å²) in [5.74, 6) is 0. The van der Waals surface area contributed by atoms with Crippen LogP contribution in [0.25, 0.3) is 55.3 Å². The molecular formula is C33H30N4. The maximum atomic E-state index is 4.99. The lowest BCUT2D eigenvalue weighted by Gasteiger charge is -2.18. The number of anilines is 2. The van der Waals surface area contributed by atoms with E-state index in [1.807, 2.05) is 6.20 Å². The first kappa shape index (κ1) is 22.9. The number of hydrogen-bond acceptors (Lipinski definition) is 3. The quantitative estimate of drug-likeness (QED) is 0.272. The average molecular weight is 483 g/mol. The number of fused-ring (bicyclic) bond motifs is 3. The van der Waals surface area contributed by atoms with Crippen LogP contribution in [0.2, 0.25) is 0 Å². The Balaban J connectivity index is 1.64. The van der Waals surface area contributed by atoms with E-state index in [1.165, 1.54) is 33.3 Å². The molecule has 1 N–H and O–H groups in total. The van der Waals surface area contributed by atoms with Crippen molar-refractivity contribution >= 4 is 33.2 Å². The molecule has 4 nitrogen and oxygen atoms in total. The minimum atomic E-state index is 0.965. The molecule has 0 saturated carbocycles. The molecule has 4 heteroatoms. The molecule has 6 rings (SSSR count). The van der Waals surface area contributed by atoms with Crippen LogP contribution in [0.1, 0.15) is 0 Å². The Morgan fingerprint density at radius 1 is 0.568 bits per heavy atom. The highest BCUT2D eigenvalue weighted by Gasteiger charge is 2.19. The number of H-pyrrole nitrogens is 1. The maximum absolute atomic E-state index is 4.99. The van der Waals surface area contributed by atoms with E-state index in [-0.39, 0.29) is 0 Å². The van der Waals surface area contributed by atoms with Gasteiger partial charge in [0.05, 0.1) is 11.2 Å². The van der Waals surface area contributed by atoms with E-state index in [4.69, 9.17) is 4.98 Å². The van der Waals surface area contributed by atoms with Gasteiger partial charge >= 0.3 is 0 Å². The number of nitrogens with one attached hydrogen (secondary N) is 1. The Morgan fingerprint density at radius 2 is 1.14 bits per heavy atom. The second kappa shape index (κ2) is 9.14. The first-order valence-electron chi connectivity index (χ1n) is 12.6. The number of benzene rings is 4. The smallest absolute Gasteiger partial charge is 0.0955 e. The third-order valence-electron chi connectivity index (χ3n) is 7.12. The number of hydrogen-bond donors (Lipinski definition) is 1. The van der Waals surface area contributed by atoms with Crippen molar-refractivity contribution in [3.8, 4) is 33.5 Å². The molecule has 0 fully saturated rings. The van der Waals surface area contributed by atoms with Crippen molar-refractivity contribution in [2.75, 3.05) is 38.0 Å². The molecule has 6 aromatic rings. The Labute approximate surface area is 217 Å². The lowest BCUT2D eigenvalue weighted by molar-refractivity contribution is 1.13. The predicted molar refractivity (Wildman–Crippen MR) is 159 cm³/mol. The van der Waals surface area contributed by atoms with Crippen molar-refractivity contribution in [3.63, 3.8) is 0 Å². The van der Waals surface area contributed by atoms with Gasteiger partial charge < -0.3 is 14.8 Å². The third-order valence-corrected chi connectivity index (χ3v) is 7.12. The lowest BCUT2D eigenvalue weighted by Crippen LogP contribution is -2.08. The Hall–Kier alpha value is -4.57. The van der Waals surface area contributed by atoms with Crippen LogP contribution in [0.5, 0.6) is 0 Å². The molecule has 0 unspecified atom stereocenters. The lowest BCUT2D eigenvalue weighted by atomic mass is 9.89. The van der Waals surface area contributed by atoms with Gasteiger partial charge in [-0.15, -0.1) is 0 Å². The summed E-state index contributed by atoms with van der Waals surface area (Å²) in [6.45, 7) is 0. The van der Waals surface area contributed by atoms with Crippen molar-refractivity contribution < 1.29 is 0 Å². The number of rotatable bonds is 5. The summed E-state index contributed by atoms with van der Waals surface area (Å²) >= 11 is 0. The molecule has 0 aliphatic heterocycles. The molecule has 0 radical (unpaired) electrons. The summed E-state index contributed by atoms with van der Waals surface area (Å²) in [6.07, 6.45) is 1.93. The van der Waals surface area contributed by atoms with Gasteiger partial charge in [0.15, 0.2) is 0 Å². The van der Waals surface area contributed by atoms with Crippen molar-refractivity contribution in [2.45, 2.75) is 0 Å². The summed E-state index contributed by atoms with van der Waals surface area (Å²) in [6, 6.07) is 34.7. The fraction of sp³-hybridized carbons (Fsp3) is 0.121. The number of aromatic nitrogens is 2. The molecule has 4 aromatic carbocycles. The average Bonchev–Trinajstić information content (AvgIpc) is 3.32. The van der Waals surface area contributed by atoms with Crippen LogP contribution in [0.3, 0.4) is 0 Å². The van der Waals surface area contributed by atoms with Gasteiger partial charge in [0.1, 0.15) is 0 Å². The summed E-state index contributed by atoms with van der Waals surface area (Å²) in [4.78, 5) is 12.9. The minimum absolute atomic E-state index is 0.965. The molecular weight excluding hydrogens is 452 g/mol. The molecule has 182 valence electrons. The van der Waals surface area contributed by atoms with Gasteiger partial charge in [0, 0.05) is 67.6 Å². The zero-order valence-electron chi connectivity index (χ0n) is 21.7. The van der Waals surface area contributed by atoms with Crippen molar-refractivity contribution in [1.82, 2.24) is 9.97 Å². The third kappa shape index (κ3) is 4.01. The SMILES string of the molecule is CN(C)c1ccc(-c2cccc(-c3ccc(N(C)C)cc3)c2-c2nccc3c2[nH]c2ccccc23)cc1. The summed E-state index contributed by atoms with van der Waals surface area (Å²) < 4.78 is 0. The zero-order chi connectivity index (χ0) is 25.5. The van der Waals surface area contributed by atoms with Crippen LogP contribution in [-0.2, 0) is 0 Å². The highest BCUT2D eigenvalue weighted by atomic mass is 15.1. The summed E-state index contributed by atoms with van der Waals surface area (Å²) in [5.41, 5.74) is 11.3. The van der Waals surface area contributed by atoms with E-state index in [0.717, 1.165) is 33.4 Å². The summed E-state index contributed by atoms with van der Waals surface area (Å²) in [7, 11) is 8.27. The van der Waals surface area contributed by atoms with Crippen molar-refractivity contribution in [2.24, 2.45) is 0 Å². The van der Waals surface area contributed by atoms with Gasteiger partial charge in [0.25, 0.3) is 0 Å². The highest BCUT2D eigenvalue weighted by Crippen LogP contribution is 2.43. The largest absolute Gasteiger partial charge is 0.378 e. The van der Waals surface area contributed by atoms with E-state index in [9.17, 15) is 0 Å².